The molecule has 1 aromatic carbocycles. The number of carbonyl (C=O) groups excluding carboxylic acids is 2. The van der Waals surface area contributed by atoms with E-state index in [1.807, 2.05) is 12.1 Å². The van der Waals surface area contributed by atoms with Gasteiger partial charge < -0.3 is 20.3 Å². The minimum absolute atomic E-state index is 0.260. The second kappa shape index (κ2) is 10.2. The molecule has 0 aliphatic carbocycles. The van der Waals surface area contributed by atoms with Gasteiger partial charge in [-0.15, -0.1) is 11.3 Å². The number of benzene rings is 1. The van der Waals surface area contributed by atoms with Crippen LogP contribution in [-0.2, 0) is 22.4 Å². The lowest BCUT2D eigenvalue weighted by atomic mass is 10.0. The normalized spacial score (nSPS) is 15.3. The van der Waals surface area contributed by atoms with Gasteiger partial charge in [-0.25, -0.2) is 0 Å². The number of hydrogen-bond acceptors (Lipinski definition) is 5. The molecule has 2 heterocycles. The van der Waals surface area contributed by atoms with Crippen molar-refractivity contribution in [3.05, 3.63) is 50.7 Å². The third-order valence-corrected chi connectivity index (χ3v) is 6.26. The number of nitrogens with one attached hydrogen (secondary N) is 2. The highest BCUT2D eigenvalue weighted by molar-refractivity contribution is 7.18. The van der Waals surface area contributed by atoms with Gasteiger partial charge in [0.25, 0.3) is 5.91 Å². The van der Waals surface area contributed by atoms with Crippen molar-refractivity contribution in [1.82, 2.24) is 10.2 Å². The summed E-state index contributed by atoms with van der Waals surface area (Å²) in [6.45, 7) is 2.40. The van der Waals surface area contributed by atoms with Crippen LogP contribution in [0.4, 0.5) is 5.69 Å². The number of thiophene rings is 1. The Morgan fingerprint density at radius 2 is 1.97 bits per heavy atom. The zero-order valence-corrected chi connectivity index (χ0v) is 18.2. The molecular weight excluding hydrogens is 410 g/mol. The zero-order valence-electron chi connectivity index (χ0n) is 16.7. The van der Waals surface area contributed by atoms with E-state index in [9.17, 15) is 9.59 Å². The second-order valence-corrected chi connectivity index (χ2v) is 8.90. The number of methoxy groups -OCH3 is 1. The van der Waals surface area contributed by atoms with E-state index in [0.717, 1.165) is 31.6 Å². The fraction of sp³-hybridized carbons (Fsp3) is 0.429. The van der Waals surface area contributed by atoms with Crippen molar-refractivity contribution in [2.75, 3.05) is 39.2 Å². The predicted octanol–water partition coefficient (Wildman–Crippen LogP) is 3.21. The number of hydrogen-bond donors (Lipinski definition) is 2. The molecule has 0 bridgehead atoms. The molecular formula is C21H26ClN3O3S. The van der Waals surface area contributed by atoms with E-state index in [0.29, 0.717) is 22.2 Å². The summed E-state index contributed by atoms with van der Waals surface area (Å²) in [4.78, 5) is 28.1. The summed E-state index contributed by atoms with van der Waals surface area (Å²) < 4.78 is 5.64. The van der Waals surface area contributed by atoms with Crippen LogP contribution in [0, 0.1) is 0 Å². The van der Waals surface area contributed by atoms with Gasteiger partial charge >= 0.3 is 0 Å². The summed E-state index contributed by atoms with van der Waals surface area (Å²) in [6.07, 6.45) is 2.34. The number of likely N-dealkylation sites (N-methyl/N-ethyl adjacent to an activating group) is 1. The third-order valence-electron chi connectivity index (χ3n) is 5.03. The van der Waals surface area contributed by atoms with Crippen LogP contribution in [0.15, 0.2) is 30.3 Å². The summed E-state index contributed by atoms with van der Waals surface area (Å²) in [7, 11) is 3.69. The number of halogens is 1. The second-order valence-electron chi connectivity index (χ2n) is 7.19. The maximum absolute atomic E-state index is 12.9. The fourth-order valence-corrected chi connectivity index (χ4v) is 4.26. The van der Waals surface area contributed by atoms with E-state index in [-0.39, 0.29) is 11.8 Å². The van der Waals surface area contributed by atoms with E-state index in [1.165, 1.54) is 22.5 Å². The maximum Gasteiger partial charge on any atom is 0.262 e. The SMILES string of the molecule is COCCC(NC(=O)c1ccc(Cl)s1)C(=O)Nc1ccc2c(c1)CCN(C)CC2. The van der Waals surface area contributed by atoms with Crippen molar-refractivity contribution < 1.29 is 14.3 Å². The minimum Gasteiger partial charge on any atom is -0.385 e. The van der Waals surface area contributed by atoms with E-state index < -0.39 is 6.04 Å². The fourth-order valence-electron chi connectivity index (χ4n) is 3.31. The van der Waals surface area contributed by atoms with Crippen LogP contribution < -0.4 is 10.6 Å². The quantitative estimate of drug-likeness (QED) is 0.700. The summed E-state index contributed by atoms with van der Waals surface area (Å²) >= 11 is 7.09. The molecule has 0 fully saturated rings. The molecule has 1 aromatic heterocycles. The summed E-state index contributed by atoms with van der Waals surface area (Å²) in [5, 5.41) is 5.74. The molecule has 2 aromatic rings. The Hall–Kier alpha value is -1.93. The van der Waals surface area contributed by atoms with Crippen LogP contribution in [0.1, 0.15) is 27.2 Å². The molecule has 1 aliphatic rings. The van der Waals surface area contributed by atoms with Crippen molar-refractivity contribution in [2.45, 2.75) is 25.3 Å². The molecule has 2 amide bonds. The van der Waals surface area contributed by atoms with Gasteiger partial charge in [0.05, 0.1) is 9.21 Å². The van der Waals surface area contributed by atoms with Gasteiger partial charge in [-0.3, -0.25) is 9.59 Å². The number of amides is 2. The van der Waals surface area contributed by atoms with E-state index in [2.05, 4.69) is 28.6 Å². The Morgan fingerprint density at radius 1 is 1.21 bits per heavy atom. The molecule has 1 aliphatic heterocycles. The average molecular weight is 436 g/mol. The van der Waals surface area contributed by atoms with Crippen LogP contribution in [0.2, 0.25) is 4.34 Å². The van der Waals surface area contributed by atoms with Crippen molar-refractivity contribution in [2.24, 2.45) is 0 Å². The van der Waals surface area contributed by atoms with Crippen LogP contribution >= 0.6 is 22.9 Å². The van der Waals surface area contributed by atoms with Gasteiger partial charge in [0, 0.05) is 32.5 Å². The molecule has 156 valence electrons. The number of anilines is 1. The zero-order chi connectivity index (χ0) is 20.8. The summed E-state index contributed by atoms with van der Waals surface area (Å²) in [6, 6.07) is 8.67. The average Bonchev–Trinajstić information content (AvgIpc) is 3.06. The lowest BCUT2D eigenvalue weighted by Crippen LogP contribution is -2.44. The van der Waals surface area contributed by atoms with Gasteiger partial charge in [-0.05, 0) is 61.7 Å². The molecule has 0 saturated heterocycles. The topological polar surface area (TPSA) is 70.7 Å². The highest BCUT2D eigenvalue weighted by Gasteiger charge is 2.23. The molecule has 8 heteroatoms. The molecule has 1 atom stereocenters. The molecule has 0 radical (unpaired) electrons. The van der Waals surface area contributed by atoms with E-state index in [1.54, 1.807) is 19.2 Å². The van der Waals surface area contributed by atoms with Gasteiger partial charge in [-0.1, -0.05) is 17.7 Å². The van der Waals surface area contributed by atoms with Crippen LogP contribution in [0.25, 0.3) is 0 Å². The first-order valence-electron chi connectivity index (χ1n) is 9.62. The highest BCUT2D eigenvalue weighted by atomic mass is 35.5. The number of nitrogens with zero attached hydrogens (tertiary/aromatic N) is 1. The smallest absolute Gasteiger partial charge is 0.262 e. The predicted molar refractivity (Wildman–Crippen MR) is 117 cm³/mol. The largest absolute Gasteiger partial charge is 0.385 e. The number of ether oxygens (including phenoxy) is 1. The van der Waals surface area contributed by atoms with E-state index in [4.69, 9.17) is 16.3 Å². The standard InChI is InChI=1S/C21H26ClN3O3S/c1-25-10-7-14-3-4-16(13-15(14)8-11-25)23-20(26)17(9-12-28-2)24-21(27)18-5-6-19(22)29-18/h3-6,13,17H,7-12H2,1-2H3,(H,23,26)(H,24,27). The van der Waals surface area contributed by atoms with Crippen LogP contribution in [0.5, 0.6) is 0 Å². The maximum atomic E-state index is 12.9. The molecule has 1 unspecified atom stereocenters. The number of rotatable bonds is 7. The summed E-state index contributed by atoms with van der Waals surface area (Å²) in [5.41, 5.74) is 3.33. The molecule has 3 rings (SSSR count). The van der Waals surface area contributed by atoms with Crippen molar-refractivity contribution in [1.29, 1.82) is 0 Å². The highest BCUT2D eigenvalue weighted by Crippen LogP contribution is 2.22. The van der Waals surface area contributed by atoms with Crippen LogP contribution in [0.3, 0.4) is 0 Å². The first kappa shape index (κ1) is 21.8. The molecule has 0 saturated carbocycles. The van der Waals surface area contributed by atoms with Crippen LogP contribution in [-0.4, -0.2) is 56.6 Å². The summed E-state index contributed by atoms with van der Waals surface area (Å²) in [5.74, 6) is -0.577. The van der Waals surface area contributed by atoms with Crippen molar-refractivity contribution >= 4 is 40.4 Å². The lowest BCUT2D eigenvalue weighted by Gasteiger charge is -2.18. The van der Waals surface area contributed by atoms with Gasteiger partial charge in [0.2, 0.25) is 5.91 Å². The number of fused-ring (bicyclic) bond motifs is 1. The first-order chi connectivity index (χ1) is 14.0. The van der Waals surface area contributed by atoms with Gasteiger partial charge in [0.15, 0.2) is 0 Å². The minimum atomic E-state index is -0.701. The molecule has 29 heavy (non-hydrogen) atoms. The first-order valence-corrected chi connectivity index (χ1v) is 10.8. The Balaban J connectivity index is 1.69. The van der Waals surface area contributed by atoms with E-state index >= 15 is 0 Å². The Labute approximate surface area is 180 Å². The molecule has 0 spiro atoms. The molecule has 2 N–H and O–H groups in total. The third kappa shape index (κ3) is 6.02. The monoisotopic (exact) mass is 435 g/mol. The Kier molecular flexibility index (Phi) is 7.66. The van der Waals surface area contributed by atoms with Gasteiger partial charge in [-0.2, -0.15) is 0 Å². The van der Waals surface area contributed by atoms with Crippen molar-refractivity contribution in [3.8, 4) is 0 Å². The molecule has 6 nitrogen and oxygen atoms in total. The lowest BCUT2D eigenvalue weighted by molar-refractivity contribution is -0.118. The Bertz CT molecular complexity index is 871. The van der Waals surface area contributed by atoms with Gasteiger partial charge in [0.1, 0.15) is 6.04 Å². The number of carbonyl (C=O) groups is 2. The Morgan fingerprint density at radius 3 is 2.66 bits per heavy atom. The van der Waals surface area contributed by atoms with Crippen molar-refractivity contribution in [3.63, 3.8) is 0 Å².